The Kier molecular flexibility index (Phi) is 3.73. The van der Waals surface area contributed by atoms with Crippen molar-refractivity contribution in [1.29, 1.82) is 0 Å². The predicted octanol–water partition coefficient (Wildman–Crippen LogP) is 2.74. The zero-order chi connectivity index (χ0) is 20.0. The highest BCUT2D eigenvalue weighted by molar-refractivity contribution is 5.81. The highest BCUT2D eigenvalue weighted by Gasteiger charge is 2.70. The molecule has 5 aliphatic carbocycles. The van der Waals surface area contributed by atoms with Crippen molar-refractivity contribution in [3.05, 3.63) is 18.0 Å². The first-order valence-electron chi connectivity index (χ1n) is 11.2. The number of aliphatic hydroxyl groups is 1. The van der Waals surface area contributed by atoms with E-state index in [1.165, 1.54) is 16.7 Å². The summed E-state index contributed by atoms with van der Waals surface area (Å²) in [4.78, 5) is 14.5. The van der Waals surface area contributed by atoms with Crippen LogP contribution >= 0.6 is 0 Å². The molecular formula is C22H29FN4O2. The summed E-state index contributed by atoms with van der Waals surface area (Å²) in [5.74, 6) is 2.25. The van der Waals surface area contributed by atoms with Gasteiger partial charge in [-0.3, -0.25) is 4.79 Å². The van der Waals surface area contributed by atoms with Crippen LogP contribution in [0.25, 0.3) is 0 Å². The van der Waals surface area contributed by atoms with Crippen molar-refractivity contribution >= 4 is 5.78 Å². The van der Waals surface area contributed by atoms with Gasteiger partial charge in [-0.2, -0.15) is 4.80 Å². The molecule has 0 radical (unpaired) electrons. The number of ketones is 1. The van der Waals surface area contributed by atoms with Crippen LogP contribution in [0.5, 0.6) is 0 Å². The fraction of sp³-hybridized carbons (Fsp3) is 0.818. The lowest BCUT2D eigenvalue weighted by atomic mass is 9.51. The third-order valence-corrected chi connectivity index (χ3v) is 9.56. The molecule has 5 aliphatic rings. The molecule has 0 aliphatic heterocycles. The molecule has 6 nitrogen and oxygen atoms in total. The maximum atomic E-state index is 14.3. The topological polar surface area (TPSA) is 80.9 Å². The number of hydrogen-bond acceptors (Lipinski definition) is 5. The van der Waals surface area contributed by atoms with Gasteiger partial charge in [0.15, 0.2) is 12.1 Å². The summed E-state index contributed by atoms with van der Waals surface area (Å²) in [6.07, 6.45) is 9.36. The van der Waals surface area contributed by atoms with Crippen LogP contribution in [-0.2, 0) is 11.3 Å². The van der Waals surface area contributed by atoms with E-state index in [0.29, 0.717) is 30.1 Å². The van der Waals surface area contributed by atoms with Crippen molar-refractivity contribution in [2.45, 2.75) is 70.2 Å². The van der Waals surface area contributed by atoms with Gasteiger partial charge in [-0.1, -0.05) is 18.6 Å². The van der Waals surface area contributed by atoms with Crippen LogP contribution in [0.3, 0.4) is 0 Å². The summed E-state index contributed by atoms with van der Waals surface area (Å²) >= 11 is 0. The highest BCUT2D eigenvalue weighted by Crippen LogP contribution is 2.67. The number of carbonyl (C=O) groups is 1. The van der Waals surface area contributed by atoms with Crippen molar-refractivity contribution in [2.24, 2.45) is 40.9 Å². The van der Waals surface area contributed by atoms with Gasteiger partial charge in [0.1, 0.15) is 18.3 Å². The first-order chi connectivity index (χ1) is 13.9. The Morgan fingerprint density at radius 3 is 2.93 bits per heavy atom. The monoisotopic (exact) mass is 400 g/mol. The summed E-state index contributed by atoms with van der Waals surface area (Å²) in [7, 11) is 0. The van der Waals surface area contributed by atoms with Crippen LogP contribution in [0, 0.1) is 40.9 Å². The molecule has 7 heteroatoms. The number of allylic oxidation sites excluding steroid dienone is 1. The number of tetrazole rings is 1. The number of aromatic nitrogens is 4. The average molecular weight is 400 g/mol. The van der Waals surface area contributed by atoms with E-state index in [-0.39, 0.29) is 29.6 Å². The molecule has 0 aromatic carbocycles. The third-order valence-electron chi connectivity index (χ3n) is 9.56. The van der Waals surface area contributed by atoms with Gasteiger partial charge in [0, 0.05) is 11.8 Å². The van der Waals surface area contributed by atoms with Crippen LogP contribution < -0.4 is 0 Å². The molecule has 4 saturated carbocycles. The molecule has 1 aromatic rings. The zero-order valence-electron chi connectivity index (χ0n) is 16.9. The molecule has 9 atom stereocenters. The first-order valence-corrected chi connectivity index (χ1v) is 11.2. The zero-order valence-corrected chi connectivity index (χ0v) is 16.9. The fourth-order valence-corrected chi connectivity index (χ4v) is 8.12. The number of nitrogens with zero attached hydrogens (tertiary/aromatic N) is 4. The van der Waals surface area contributed by atoms with E-state index < -0.39 is 11.8 Å². The van der Waals surface area contributed by atoms with Crippen LogP contribution in [0.4, 0.5) is 4.39 Å². The Labute approximate surface area is 169 Å². The molecule has 6 rings (SSSR count). The van der Waals surface area contributed by atoms with Crippen LogP contribution in [0.1, 0.15) is 51.9 Å². The molecule has 29 heavy (non-hydrogen) atoms. The minimum absolute atomic E-state index is 0.0434. The SMILES string of the molecule is C[C@]12CC[C@H]3[C@@H](CC=C4C5C(F)[C@@]5(O)CC[C@@H]43)[C@@H]1CC[C@@H]2C(=O)Cn1ncnn1. The van der Waals surface area contributed by atoms with Crippen molar-refractivity contribution in [2.75, 3.05) is 0 Å². The number of hydrogen-bond donors (Lipinski definition) is 1. The minimum Gasteiger partial charge on any atom is -0.386 e. The smallest absolute Gasteiger partial charge is 0.162 e. The molecule has 0 amide bonds. The second-order valence-electron chi connectivity index (χ2n) is 10.5. The van der Waals surface area contributed by atoms with Crippen LogP contribution in [0.2, 0.25) is 0 Å². The number of alkyl halides is 1. The first kappa shape index (κ1) is 18.2. The summed E-state index contributed by atoms with van der Waals surface area (Å²) in [6.45, 7) is 2.54. The van der Waals surface area contributed by atoms with E-state index in [9.17, 15) is 14.3 Å². The molecule has 1 aromatic heterocycles. The van der Waals surface area contributed by atoms with E-state index in [2.05, 4.69) is 28.4 Å². The lowest BCUT2D eigenvalue weighted by molar-refractivity contribution is -0.130. The minimum atomic E-state index is -1.06. The number of halogens is 1. The fourth-order valence-electron chi connectivity index (χ4n) is 8.12. The standard InChI is InChI=1S/C22H29FN4O2/c1-21-8-6-12-13-7-9-22(29)19(20(22)23)15(13)3-2-14(12)16(21)4-5-17(21)18(28)10-27-25-11-24-26-27/h3,11-14,16-17,19-20,29H,2,4-10H2,1H3/t12-,13-,14-,16+,17-,19?,20?,21+,22-/m1/s1. The quantitative estimate of drug-likeness (QED) is 0.789. The molecule has 2 unspecified atom stereocenters. The third kappa shape index (κ3) is 2.37. The van der Waals surface area contributed by atoms with E-state index >= 15 is 0 Å². The molecule has 0 spiro atoms. The Morgan fingerprint density at radius 2 is 2.14 bits per heavy atom. The van der Waals surface area contributed by atoms with E-state index in [0.717, 1.165) is 38.5 Å². The van der Waals surface area contributed by atoms with Gasteiger partial charge in [0.2, 0.25) is 0 Å². The van der Waals surface area contributed by atoms with E-state index in [1.54, 1.807) is 0 Å². The van der Waals surface area contributed by atoms with E-state index in [4.69, 9.17) is 0 Å². The van der Waals surface area contributed by atoms with Gasteiger partial charge in [-0.05, 0) is 79.2 Å². The Bertz CT molecular complexity index is 872. The largest absolute Gasteiger partial charge is 0.386 e. The lowest BCUT2D eigenvalue weighted by Crippen LogP contribution is -2.47. The second kappa shape index (κ2) is 5.96. The Morgan fingerprint density at radius 1 is 1.28 bits per heavy atom. The van der Waals surface area contributed by atoms with E-state index in [1.807, 2.05) is 0 Å². The van der Waals surface area contributed by atoms with Gasteiger partial charge in [-0.25, -0.2) is 4.39 Å². The normalized spacial score (nSPS) is 50.0. The molecule has 1 N–H and O–H groups in total. The Hall–Kier alpha value is -1.63. The molecule has 156 valence electrons. The second-order valence-corrected chi connectivity index (χ2v) is 10.5. The number of carbonyl (C=O) groups excluding carboxylic acids is 1. The van der Waals surface area contributed by atoms with Crippen molar-refractivity contribution in [3.8, 4) is 0 Å². The summed E-state index contributed by atoms with van der Waals surface area (Å²) in [6, 6.07) is 0. The molecule has 1 heterocycles. The maximum Gasteiger partial charge on any atom is 0.162 e. The molecule has 0 saturated heterocycles. The van der Waals surface area contributed by atoms with Gasteiger partial charge in [-0.15, -0.1) is 10.2 Å². The van der Waals surface area contributed by atoms with Crippen molar-refractivity contribution < 1.29 is 14.3 Å². The van der Waals surface area contributed by atoms with Gasteiger partial charge in [0.25, 0.3) is 0 Å². The summed E-state index contributed by atoms with van der Waals surface area (Å²) in [5, 5.41) is 22.1. The van der Waals surface area contributed by atoms with Gasteiger partial charge in [0.05, 0.1) is 0 Å². The number of rotatable bonds is 3. The predicted molar refractivity (Wildman–Crippen MR) is 102 cm³/mol. The van der Waals surface area contributed by atoms with Gasteiger partial charge >= 0.3 is 0 Å². The summed E-state index contributed by atoms with van der Waals surface area (Å²) in [5.41, 5.74) is 0.208. The maximum absolute atomic E-state index is 14.3. The Balaban J connectivity index is 1.24. The van der Waals surface area contributed by atoms with Crippen LogP contribution in [0.15, 0.2) is 18.0 Å². The van der Waals surface area contributed by atoms with Crippen molar-refractivity contribution in [3.63, 3.8) is 0 Å². The molecular weight excluding hydrogens is 371 g/mol. The average Bonchev–Trinajstić information content (AvgIpc) is 3.08. The van der Waals surface area contributed by atoms with Crippen molar-refractivity contribution in [1.82, 2.24) is 20.2 Å². The molecule has 0 bridgehead atoms. The molecule has 4 fully saturated rings. The van der Waals surface area contributed by atoms with Crippen LogP contribution in [-0.4, -0.2) is 42.9 Å². The number of fused-ring (bicyclic) bond motifs is 7. The highest BCUT2D eigenvalue weighted by atomic mass is 19.1. The lowest BCUT2D eigenvalue weighted by Gasteiger charge is -2.53. The van der Waals surface area contributed by atoms with Gasteiger partial charge < -0.3 is 5.11 Å². The number of Topliss-reactive ketones (excluding diaryl/α,β-unsaturated/α-hetero) is 1. The summed E-state index contributed by atoms with van der Waals surface area (Å²) < 4.78 is 14.3.